The summed E-state index contributed by atoms with van der Waals surface area (Å²) in [6.45, 7) is 5.11. The molecule has 1 atom stereocenters. The molecule has 1 fully saturated rings. The lowest BCUT2D eigenvalue weighted by Crippen LogP contribution is -2.45. The number of hydrogen-bond donors (Lipinski definition) is 2. The summed E-state index contributed by atoms with van der Waals surface area (Å²) < 4.78 is 0. The van der Waals surface area contributed by atoms with Gasteiger partial charge in [-0.2, -0.15) is 0 Å². The minimum atomic E-state index is 0.119. The van der Waals surface area contributed by atoms with Crippen molar-refractivity contribution in [2.45, 2.75) is 26.2 Å². The number of hydrogen-bond acceptors (Lipinski definition) is 2. The molecule has 1 aliphatic rings. The van der Waals surface area contributed by atoms with Gasteiger partial charge in [-0.15, -0.1) is 0 Å². The Morgan fingerprint density at radius 1 is 1.39 bits per heavy atom. The van der Waals surface area contributed by atoms with E-state index in [1.165, 1.54) is 12.8 Å². The molecule has 3 nitrogen and oxygen atoms in total. The first kappa shape index (κ1) is 13.1. The highest BCUT2D eigenvalue weighted by Crippen LogP contribution is 2.24. The lowest BCUT2D eigenvalue weighted by molar-refractivity contribution is -0.121. The van der Waals surface area contributed by atoms with Gasteiger partial charge < -0.3 is 10.6 Å². The van der Waals surface area contributed by atoms with E-state index in [0.29, 0.717) is 6.42 Å². The fourth-order valence-electron chi connectivity index (χ4n) is 2.43. The summed E-state index contributed by atoms with van der Waals surface area (Å²) in [6.07, 6.45) is 2.86. The zero-order chi connectivity index (χ0) is 12.8. The van der Waals surface area contributed by atoms with Gasteiger partial charge in [-0.1, -0.05) is 37.3 Å². The van der Waals surface area contributed by atoms with Gasteiger partial charge in [-0.3, -0.25) is 4.79 Å². The number of rotatable bonds is 4. The largest absolute Gasteiger partial charge is 0.355 e. The summed E-state index contributed by atoms with van der Waals surface area (Å²) in [4.78, 5) is 11.9. The van der Waals surface area contributed by atoms with E-state index >= 15 is 0 Å². The van der Waals surface area contributed by atoms with Crippen LogP contribution in [0, 0.1) is 5.41 Å². The van der Waals surface area contributed by atoms with E-state index in [9.17, 15) is 4.79 Å². The Balaban J connectivity index is 1.78. The van der Waals surface area contributed by atoms with Gasteiger partial charge in [0, 0.05) is 13.1 Å². The van der Waals surface area contributed by atoms with Gasteiger partial charge in [0.15, 0.2) is 0 Å². The zero-order valence-electron chi connectivity index (χ0n) is 11.0. The highest BCUT2D eigenvalue weighted by Gasteiger charge is 2.26. The van der Waals surface area contributed by atoms with Gasteiger partial charge >= 0.3 is 0 Å². The minimum absolute atomic E-state index is 0.119. The SMILES string of the molecule is CC1(CNC(=O)Cc2ccccc2)CCCNC1. The van der Waals surface area contributed by atoms with Crippen LogP contribution in [0.5, 0.6) is 0 Å². The Labute approximate surface area is 109 Å². The molecule has 98 valence electrons. The third-order valence-electron chi connectivity index (χ3n) is 3.61. The molecule has 1 aliphatic heterocycles. The van der Waals surface area contributed by atoms with Crippen molar-refractivity contribution in [2.75, 3.05) is 19.6 Å². The summed E-state index contributed by atoms with van der Waals surface area (Å²) in [6, 6.07) is 9.88. The summed E-state index contributed by atoms with van der Waals surface area (Å²) in [5, 5.41) is 6.46. The Bertz CT molecular complexity index is 383. The minimum Gasteiger partial charge on any atom is -0.355 e. The maximum Gasteiger partial charge on any atom is 0.224 e. The van der Waals surface area contributed by atoms with E-state index in [1.807, 2.05) is 30.3 Å². The molecule has 3 heteroatoms. The number of benzene rings is 1. The lowest BCUT2D eigenvalue weighted by atomic mass is 9.83. The summed E-state index contributed by atoms with van der Waals surface area (Å²) in [7, 11) is 0. The van der Waals surface area contributed by atoms with Crippen molar-refractivity contribution in [2.24, 2.45) is 5.41 Å². The number of amides is 1. The molecule has 0 aliphatic carbocycles. The molecule has 1 aromatic rings. The molecule has 0 aromatic heterocycles. The maximum absolute atomic E-state index is 11.9. The van der Waals surface area contributed by atoms with Gasteiger partial charge in [0.2, 0.25) is 5.91 Å². The van der Waals surface area contributed by atoms with Crippen LogP contribution >= 0.6 is 0 Å². The molecular formula is C15H22N2O. The van der Waals surface area contributed by atoms with Crippen LogP contribution in [0.15, 0.2) is 30.3 Å². The van der Waals surface area contributed by atoms with E-state index in [0.717, 1.165) is 25.2 Å². The first-order chi connectivity index (χ1) is 8.68. The number of piperidine rings is 1. The highest BCUT2D eigenvalue weighted by molar-refractivity contribution is 5.78. The van der Waals surface area contributed by atoms with E-state index in [-0.39, 0.29) is 11.3 Å². The van der Waals surface area contributed by atoms with Crippen molar-refractivity contribution in [1.29, 1.82) is 0 Å². The van der Waals surface area contributed by atoms with Crippen molar-refractivity contribution in [3.05, 3.63) is 35.9 Å². The van der Waals surface area contributed by atoms with Crippen LogP contribution in [-0.4, -0.2) is 25.5 Å². The van der Waals surface area contributed by atoms with Gasteiger partial charge in [-0.25, -0.2) is 0 Å². The zero-order valence-corrected chi connectivity index (χ0v) is 11.0. The Morgan fingerprint density at radius 2 is 2.17 bits per heavy atom. The molecule has 0 saturated carbocycles. The summed E-state index contributed by atoms with van der Waals surface area (Å²) in [5.41, 5.74) is 1.28. The van der Waals surface area contributed by atoms with Crippen LogP contribution in [0.25, 0.3) is 0 Å². The van der Waals surface area contributed by atoms with E-state index in [1.54, 1.807) is 0 Å². The number of nitrogens with one attached hydrogen (secondary N) is 2. The van der Waals surface area contributed by atoms with Gasteiger partial charge in [0.05, 0.1) is 6.42 Å². The van der Waals surface area contributed by atoms with Crippen LogP contribution in [0.3, 0.4) is 0 Å². The van der Waals surface area contributed by atoms with E-state index in [2.05, 4.69) is 17.6 Å². The Kier molecular flexibility index (Phi) is 4.37. The van der Waals surface area contributed by atoms with Crippen LogP contribution in [0.4, 0.5) is 0 Å². The molecule has 1 saturated heterocycles. The van der Waals surface area contributed by atoms with Crippen LogP contribution in [0.2, 0.25) is 0 Å². The van der Waals surface area contributed by atoms with Gasteiger partial charge in [0.1, 0.15) is 0 Å². The second-order valence-corrected chi connectivity index (χ2v) is 5.53. The second-order valence-electron chi connectivity index (χ2n) is 5.53. The predicted molar refractivity (Wildman–Crippen MR) is 73.4 cm³/mol. The number of carbonyl (C=O) groups is 1. The smallest absolute Gasteiger partial charge is 0.224 e. The fourth-order valence-corrected chi connectivity index (χ4v) is 2.43. The maximum atomic E-state index is 11.9. The van der Waals surface area contributed by atoms with Crippen molar-refractivity contribution in [3.63, 3.8) is 0 Å². The predicted octanol–water partition coefficient (Wildman–Crippen LogP) is 1.74. The normalized spacial score (nSPS) is 23.6. The molecule has 18 heavy (non-hydrogen) atoms. The van der Waals surface area contributed by atoms with Crippen LogP contribution in [0.1, 0.15) is 25.3 Å². The van der Waals surface area contributed by atoms with E-state index in [4.69, 9.17) is 0 Å². The molecule has 2 N–H and O–H groups in total. The highest BCUT2D eigenvalue weighted by atomic mass is 16.1. The fraction of sp³-hybridized carbons (Fsp3) is 0.533. The molecule has 1 unspecified atom stereocenters. The van der Waals surface area contributed by atoms with Crippen LogP contribution < -0.4 is 10.6 Å². The quantitative estimate of drug-likeness (QED) is 0.849. The monoisotopic (exact) mass is 246 g/mol. The average molecular weight is 246 g/mol. The van der Waals surface area contributed by atoms with Gasteiger partial charge in [0.25, 0.3) is 0 Å². The molecule has 2 rings (SSSR count). The second kappa shape index (κ2) is 6.01. The van der Waals surface area contributed by atoms with Crippen molar-refractivity contribution in [3.8, 4) is 0 Å². The van der Waals surface area contributed by atoms with Crippen molar-refractivity contribution in [1.82, 2.24) is 10.6 Å². The first-order valence-electron chi connectivity index (χ1n) is 6.69. The molecule has 0 bridgehead atoms. The molecular weight excluding hydrogens is 224 g/mol. The standard InChI is InChI=1S/C15H22N2O/c1-15(8-5-9-16-11-15)12-17-14(18)10-13-6-3-2-4-7-13/h2-4,6-7,16H,5,8-12H2,1H3,(H,17,18). The third-order valence-corrected chi connectivity index (χ3v) is 3.61. The van der Waals surface area contributed by atoms with E-state index < -0.39 is 0 Å². The molecule has 1 aromatic carbocycles. The third kappa shape index (κ3) is 3.84. The van der Waals surface area contributed by atoms with Crippen LogP contribution in [-0.2, 0) is 11.2 Å². The molecule has 1 heterocycles. The van der Waals surface area contributed by atoms with Crippen molar-refractivity contribution < 1.29 is 4.79 Å². The average Bonchev–Trinajstić information content (AvgIpc) is 2.39. The lowest BCUT2D eigenvalue weighted by Gasteiger charge is -2.34. The summed E-state index contributed by atoms with van der Waals surface area (Å²) in [5.74, 6) is 0.119. The van der Waals surface area contributed by atoms with Crippen molar-refractivity contribution >= 4 is 5.91 Å². The molecule has 0 radical (unpaired) electrons. The Morgan fingerprint density at radius 3 is 2.83 bits per heavy atom. The topological polar surface area (TPSA) is 41.1 Å². The Hall–Kier alpha value is -1.35. The van der Waals surface area contributed by atoms with Gasteiger partial charge in [-0.05, 0) is 30.4 Å². The first-order valence-corrected chi connectivity index (χ1v) is 6.69. The number of carbonyl (C=O) groups excluding carboxylic acids is 1. The molecule has 0 spiro atoms. The molecule has 1 amide bonds. The summed E-state index contributed by atoms with van der Waals surface area (Å²) >= 11 is 0.